The summed E-state index contributed by atoms with van der Waals surface area (Å²) < 4.78 is 1.97. The predicted octanol–water partition coefficient (Wildman–Crippen LogP) is 2.20. The monoisotopic (exact) mass is 314 g/mol. The highest BCUT2D eigenvalue weighted by Gasteiger charge is 2.37. The Morgan fingerprint density at radius 1 is 1.35 bits per heavy atom. The third-order valence-corrected chi connectivity index (χ3v) is 4.50. The lowest BCUT2D eigenvalue weighted by Crippen LogP contribution is -2.37. The Balaban J connectivity index is 1.69. The lowest BCUT2D eigenvalue weighted by Gasteiger charge is -2.29. The molecule has 1 aromatic heterocycles. The number of likely N-dealkylation sites (N-methyl/N-ethyl adjacent to an activating group) is 1. The third kappa shape index (κ3) is 3.46. The van der Waals surface area contributed by atoms with Crippen molar-refractivity contribution in [3.05, 3.63) is 47.5 Å². The Bertz CT molecular complexity index is 667. The normalized spacial score (nSPS) is 20.4. The van der Waals surface area contributed by atoms with Gasteiger partial charge in [-0.15, -0.1) is 0 Å². The van der Waals surface area contributed by atoms with Gasteiger partial charge in [-0.3, -0.25) is 4.90 Å². The fraction of sp³-hybridized carbons (Fsp3) is 0.556. The standard InChI is InChI=1S/C18H26N4O/c1-14(2)10-22-17(19-13-20-22)11-21(3)12-18(23)9-8-15-6-4-5-7-16(15)18/h4-7,13-14,23H,8-12H2,1-3H3. The van der Waals surface area contributed by atoms with Crippen molar-refractivity contribution in [1.82, 2.24) is 19.7 Å². The summed E-state index contributed by atoms with van der Waals surface area (Å²) in [6, 6.07) is 8.22. The van der Waals surface area contributed by atoms with Crippen LogP contribution in [0, 0.1) is 5.92 Å². The van der Waals surface area contributed by atoms with E-state index in [0.717, 1.165) is 30.8 Å². The van der Waals surface area contributed by atoms with Crippen LogP contribution < -0.4 is 0 Å². The maximum Gasteiger partial charge on any atom is 0.141 e. The van der Waals surface area contributed by atoms with E-state index in [-0.39, 0.29) is 0 Å². The van der Waals surface area contributed by atoms with Crippen LogP contribution in [0.5, 0.6) is 0 Å². The number of benzene rings is 1. The summed E-state index contributed by atoms with van der Waals surface area (Å²) in [7, 11) is 2.04. The quantitative estimate of drug-likeness (QED) is 0.888. The zero-order valence-corrected chi connectivity index (χ0v) is 14.2. The molecule has 0 fully saturated rings. The molecule has 5 heteroatoms. The van der Waals surface area contributed by atoms with Gasteiger partial charge in [0.05, 0.1) is 6.54 Å². The Kier molecular flexibility index (Phi) is 4.50. The van der Waals surface area contributed by atoms with Crippen molar-refractivity contribution in [3.63, 3.8) is 0 Å². The van der Waals surface area contributed by atoms with Gasteiger partial charge in [-0.25, -0.2) is 9.67 Å². The number of hydrogen-bond acceptors (Lipinski definition) is 4. The van der Waals surface area contributed by atoms with Crippen molar-refractivity contribution in [1.29, 1.82) is 0 Å². The molecule has 0 saturated carbocycles. The van der Waals surface area contributed by atoms with Crippen LogP contribution in [0.15, 0.2) is 30.6 Å². The zero-order valence-electron chi connectivity index (χ0n) is 14.2. The number of aliphatic hydroxyl groups is 1. The topological polar surface area (TPSA) is 54.2 Å². The molecule has 0 radical (unpaired) electrons. The van der Waals surface area contributed by atoms with Crippen molar-refractivity contribution in [3.8, 4) is 0 Å². The smallest absolute Gasteiger partial charge is 0.141 e. The van der Waals surface area contributed by atoms with Gasteiger partial charge < -0.3 is 5.11 Å². The predicted molar refractivity (Wildman–Crippen MR) is 89.9 cm³/mol. The molecule has 23 heavy (non-hydrogen) atoms. The maximum atomic E-state index is 11.1. The first-order valence-corrected chi connectivity index (χ1v) is 8.34. The fourth-order valence-electron chi connectivity index (χ4n) is 3.49. The Labute approximate surface area is 138 Å². The molecular formula is C18H26N4O. The van der Waals surface area contributed by atoms with Gasteiger partial charge in [0.25, 0.3) is 0 Å². The summed E-state index contributed by atoms with van der Waals surface area (Å²) in [6.07, 6.45) is 3.35. The van der Waals surface area contributed by atoms with E-state index >= 15 is 0 Å². The number of nitrogens with zero attached hydrogens (tertiary/aromatic N) is 4. The fourth-order valence-corrected chi connectivity index (χ4v) is 3.49. The number of aromatic nitrogens is 3. The molecule has 3 rings (SSSR count). The Hall–Kier alpha value is -1.72. The first-order valence-electron chi connectivity index (χ1n) is 8.34. The zero-order chi connectivity index (χ0) is 16.4. The minimum absolute atomic E-state index is 0.534. The van der Waals surface area contributed by atoms with Gasteiger partial charge in [-0.05, 0) is 36.9 Å². The molecule has 1 heterocycles. The SMILES string of the molecule is CC(C)Cn1ncnc1CN(C)CC1(O)CCc2ccccc21. The summed E-state index contributed by atoms with van der Waals surface area (Å²) in [5.74, 6) is 1.49. The van der Waals surface area contributed by atoms with Crippen LogP contribution in [-0.2, 0) is 25.1 Å². The van der Waals surface area contributed by atoms with Crippen LogP contribution in [0.4, 0.5) is 0 Å². The molecule has 1 aromatic carbocycles. The van der Waals surface area contributed by atoms with Crippen LogP contribution >= 0.6 is 0 Å². The van der Waals surface area contributed by atoms with E-state index in [1.165, 1.54) is 5.56 Å². The van der Waals surface area contributed by atoms with Crippen molar-refractivity contribution >= 4 is 0 Å². The summed E-state index contributed by atoms with van der Waals surface area (Å²) >= 11 is 0. The van der Waals surface area contributed by atoms with Crippen LogP contribution in [-0.4, -0.2) is 38.4 Å². The molecule has 2 aromatic rings. The molecule has 124 valence electrons. The molecule has 1 unspecified atom stereocenters. The minimum atomic E-state index is -0.756. The second-order valence-corrected chi connectivity index (χ2v) is 7.11. The molecule has 0 bridgehead atoms. The maximum absolute atomic E-state index is 11.1. The summed E-state index contributed by atoms with van der Waals surface area (Å²) in [4.78, 5) is 6.52. The lowest BCUT2D eigenvalue weighted by atomic mass is 9.95. The van der Waals surface area contributed by atoms with E-state index < -0.39 is 5.60 Å². The van der Waals surface area contributed by atoms with Gasteiger partial charge in [0.1, 0.15) is 17.8 Å². The van der Waals surface area contributed by atoms with Gasteiger partial charge >= 0.3 is 0 Å². The second-order valence-electron chi connectivity index (χ2n) is 7.11. The van der Waals surface area contributed by atoms with E-state index in [1.54, 1.807) is 6.33 Å². The van der Waals surface area contributed by atoms with E-state index in [2.05, 4.69) is 41.0 Å². The second kappa shape index (κ2) is 6.42. The molecule has 0 spiro atoms. The van der Waals surface area contributed by atoms with Crippen molar-refractivity contribution in [2.45, 2.75) is 45.4 Å². The molecule has 0 aliphatic heterocycles. The average Bonchev–Trinajstić information content (AvgIpc) is 3.04. The molecule has 1 atom stereocenters. The third-order valence-electron chi connectivity index (χ3n) is 4.50. The summed E-state index contributed by atoms with van der Waals surface area (Å²) in [5, 5.41) is 15.4. The molecular weight excluding hydrogens is 288 g/mol. The van der Waals surface area contributed by atoms with Gasteiger partial charge in [0.2, 0.25) is 0 Å². The number of aryl methyl sites for hydroxylation is 1. The highest BCUT2D eigenvalue weighted by molar-refractivity contribution is 5.37. The molecule has 0 amide bonds. The highest BCUT2D eigenvalue weighted by Crippen LogP contribution is 2.37. The average molecular weight is 314 g/mol. The first kappa shape index (κ1) is 16.1. The van der Waals surface area contributed by atoms with Crippen LogP contribution in [0.25, 0.3) is 0 Å². The minimum Gasteiger partial charge on any atom is -0.384 e. The first-order chi connectivity index (χ1) is 11.0. The molecule has 5 nitrogen and oxygen atoms in total. The van der Waals surface area contributed by atoms with E-state index in [1.807, 2.05) is 23.9 Å². The van der Waals surface area contributed by atoms with E-state index in [9.17, 15) is 5.11 Å². The van der Waals surface area contributed by atoms with E-state index in [0.29, 0.717) is 19.0 Å². The molecule has 1 aliphatic carbocycles. The van der Waals surface area contributed by atoms with Crippen molar-refractivity contribution in [2.75, 3.05) is 13.6 Å². The van der Waals surface area contributed by atoms with Gasteiger partial charge in [0, 0.05) is 13.1 Å². The summed E-state index contributed by atoms with van der Waals surface area (Å²) in [5.41, 5.74) is 1.59. The van der Waals surface area contributed by atoms with Crippen LogP contribution in [0.2, 0.25) is 0 Å². The van der Waals surface area contributed by atoms with Gasteiger partial charge in [-0.1, -0.05) is 38.1 Å². The van der Waals surface area contributed by atoms with E-state index in [4.69, 9.17) is 0 Å². The van der Waals surface area contributed by atoms with Crippen molar-refractivity contribution < 1.29 is 5.11 Å². The van der Waals surface area contributed by atoms with Crippen molar-refractivity contribution in [2.24, 2.45) is 5.92 Å². The molecule has 0 saturated heterocycles. The van der Waals surface area contributed by atoms with Gasteiger partial charge in [-0.2, -0.15) is 5.10 Å². The molecule has 1 aliphatic rings. The lowest BCUT2D eigenvalue weighted by molar-refractivity contribution is 0.00462. The number of rotatable bonds is 6. The summed E-state index contributed by atoms with van der Waals surface area (Å²) in [6.45, 7) is 6.52. The Morgan fingerprint density at radius 3 is 2.91 bits per heavy atom. The number of fused-ring (bicyclic) bond motifs is 1. The van der Waals surface area contributed by atoms with Crippen LogP contribution in [0.1, 0.15) is 37.2 Å². The Morgan fingerprint density at radius 2 is 2.13 bits per heavy atom. The van der Waals surface area contributed by atoms with Crippen LogP contribution in [0.3, 0.4) is 0 Å². The largest absolute Gasteiger partial charge is 0.384 e. The highest BCUT2D eigenvalue weighted by atomic mass is 16.3. The van der Waals surface area contributed by atoms with Gasteiger partial charge in [0.15, 0.2) is 0 Å². The molecule has 1 N–H and O–H groups in total. The number of hydrogen-bond donors (Lipinski definition) is 1.